The molecule has 0 heterocycles. The number of rotatable bonds is 9. The molecule has 9 heteroatoms. The summed E-state index contributed by atoms with van der Waals surface area (Å²) in [5.41, 5.74) is -0.0869. The lowest BCUT2D eigenvalue weighted by Gasteiger charge is -2.35. The van der Waals surface area contributed by atoms with Crippen LogP contribution >= 0.6 is 11.6 Å². The largest absolute Gasteiger partial charge is 0.392 e. The average Bonchev–Trinajstić information content (AvgIpc) is 2.55. The molecule has 0 aliphatic heterocycles. The monoisotopic (exact) mass is 407 g/mol. The summed E-state index contributed by atoms with van der Waals surface area (Å²) >= 11 is 5.37. The van der Waals surface area contributed by atoms with Crippen molar-refractivity contribution in [2.75, 3.05) is 12.4 Å². The molecule has 1 unspecified atom stereocenters. The summed E-state index contributed by atoms with van der Waals surface area (Å²) in [6.45, 7) is 4.86. The number of ketones is 2. The fourth-order valence-corrected chi connectivity index (χ4v) is 4.28. The zero-order valence-corrected chi connectivity index (χ0v) is 16.8. The first-order chi connectivity index (χ1) is 12.1. The molecule has 26 heavy (non-hydrogen) atoms. The number of Topliss-reactive ketones (excluding diaryl/α,β-unsaturated/α-hetero) is 2. The van der Waals surface area contributed by atoms with Crippen LogP contribution in [0.15, 0.2) is 16.8 Å². The Bertz CT molecular complexity index is 667. The molecular formula is C17H26ClNO6S. The van der Waals surface area contributed by atoms with E-state index in [1.54, 1.807) is 6.92 Å². The van der Waals surface area contributed by atoms with E-state index in [1.807, 2.05) is 0 Å². The number of hydrogen-bond acceptors (Lipinski definition) is 7. The highest BCUT2D eigenvalue weighted by molar-refractivity contribution is 7.91. The van der Waals surface area contributed by atoms with Crippen LogP contribution in [0.5, 0.6) is 0 Å². The Morgan fingerprint density at radius 1 is 1.38 bits per heavy atom. The number of oxime groups is 1. The highest BCUT2D eigenvalue weighted by Gasteiger charge is 2.47. The second-order valence-corrected chi connectivity index (χ2v) is 9.46. The van der Waals surface area contributed by atoms with Crippen molar-refractivity contribution in [2.24, 2.45) is 11.1 Å². The smallest absolute Gasteiger partial charge is 0.152 e. The molecule has 0 amide bonds. The molecule has 0 radical (unpaired) electrons. The van der Waals surface area contributed by atoms with Gasteiger partial charge in [0.2, 0.25) is 0 Å². The molecule has 1 rings (SSSR count). The lowest BCUT2D eigenvalue weighted by atomic mass is 9.73. The minimum atomic E-state index is -3.37. The Hall–Kier alpha value is -1.25. The van der Waals surface area contributed by atoms with E-state index in [-0.39, 0.29) is 31.6 Å². The second-order valence-electron chi connectivity index (χ2n) is 6.50. The van der Waals surface area contributed by atoms with Crippen molar-refractivity contribution in [3.8, 4) is 0 Å². The molecule has 0 aromatic rings. The molecule has 1 atom stereocenters. The third-order valence-corrected chi connectivity index (χ3v) is 6.85. The Morgan fingerprint density at radius 2 is 1.96 bits per heavy atom. The van der Waals surface area contributed by atoms with E-state index in [9.17, 15) is 23.1 Å². The standard InChI is InChI=1S/C17H26ClNO6S/c1-4-13(19-25-8-6-7-18)16-14(20)10-17(22,11-15(16)21)9-12(3)26(23,24)5-2/h6-7,12,16,22H,4-5,8-11H2,1-3H3/b7-6+,19-13+. The number of sulfone groups is 1. The van der Waals surface area contributed by atoms with Gasteiger partial charge < -0.3 is 9.94 Å². The van der Waals surface area contributed by atoms with Crippen molar-refractivity contribution in [1.82, 2.24) is 0 Å². The molecule has 0 saturated heterocycles. The van der Waals surface area contributed by atoms with Gasteiger partial charge in [-0.3, -0.25) is 9.59 Å². The van der Waals surface area contributed by atoms with Gasteiger partial charge in [-0.25, -0.2) is 8.42 Å². The molecule has 0 aromatic carbocycles. The van der Waals surface area contributed by atoms with Gasteiger partial charge in [-0.2, -0.15) is 0 Å². The van der Waals surface area contributed by atoms with Crippen LogP contribution in [0.1, 0.15) is 46.5 Å². The number of hydrogen-bond donors (Lipinski definition) is 1. The summed E-state index contributed by atoms with van der Waals surface area (Å²) in [6, 6.07) is 0. The van der Waals surface area contributed by atoms with Gasteiger partial charge >= 0.3 is 0 Å². The first kappa shape index (κ1) is 22.8. The van der Waals surface area contributed by atoms with Crippen molar-refractivity contribution >= 4 is 38.7 Å². The van der Waals surface area contributed by atoms with Crippen molar-refractivity contribution in [3.05, 3.63) is 11.6 Å². The van der Waals surface area contributed by atoms with E-state index >= 15 is 0 Å². The fourth-order valence-electron chi connectivity index (χ4n) is 3.08. The normalized spacial score (nSPS) is 26.3. The number of halogens is 1. The van der Waals surface area contributed by atoms with Crippen LogP contribution in [0.3, 0.4) is 0 Å². The number of nitrogens with zero attached hydrogens (tertiary/aromatic N) is 1. The first-order valence-corrected chi connectivity index (χ1v) is 10.7. The van der Waals surface area contributed by atoms with Crippen LogP contribution in [0.2, 0.25) is 0 Å². The summed E-state index contributed by atoms with van der Waals surface area (Å²) in [4.78, 5) is 30.0. The molecule has 1 N–H and O–H groups in total. The van der Waals surface area contributed by atoms with Gasteiger partial charge in [0.25, 0.3) is 0 Å². The van der Waals surface area contributed by atoms with E-state index in [0.717, 1.165) is 0 Å². The maximum Gasteiger partial charge on any atom is 0.152 e. The van der Waals surface area contributed by atoms with Crippen LogP contribution in [0.25, 0.3) is 0 Å². The topological polar surface area (TPSA) is 110 Å². The molecule has 1 fully saturated rings. The Labute approximate surface area is 159 Å². The quantitative estimate of drug-likeness (QED) is 0.271. The molecule has 148 valence electrons. The Balaban J connectivity index is 2.91. The predicted octanol–water partition coefficient (Wildman–Crippen LogP) is 2.01. The maximum atomic E-state index is 12.5. The fraction of sp³-hybridized carbons (Fsp3) is 0.706. The highest BCUT2D eigenvalue weighted by Crippen LogP contribution is 2.33. The summed E-state index contributed by atoms with van der Waals surface area (Å²) in [7, 11) is -3.37. The molecule has 7 nitrogen and oxygen atoms in total. The van der Waals surface area contributed by atoms with Crippen molar-refractivity contribution in [3.63, 3.8) is 0 Å². The van der Waals surface area contributed by atoms with Gasteiger partial charge in [0, 0.05) is 24.1 Å². The average molecular weight is 408 g/mol. The third-order valence-electron chi connectivity index (χ3n) is 4.47. The van der Waals surface area contributed by atoms with Gasteiger partial charge in [-0.05, 0) is 25.8 Å². The van der Waals surface area contributed by atoms with Crippen molar-refractivity contribution < 1.29 is 28.0 Å². The van der Waals surface area contributed by atoms with Gasteiger partial charge in [0.05, 0.1) is 16.6 Å². The SMILES string of the molecule is CC/C(=N\OC/C=C/Cl)C1C(=O)CC(O)(CC(C)S(=O)(=O)CC)CC1=O. The second kappa shape index (κ2) is 9.62. The van der Waals surface area contributed by atoms with Crippen LogP contribution in [-0.2, 0) is 24.3 Å². The van der Waals surface area contributed by atoms with Crippen LogP contribution < -0.4 is 0 Å². The molecular weight excluding hydrogens is 382 g/mol. The molecule has 1 aliphatic carbocycles. The van der Waals surface area contributed by atoms with Gasteiger partial charge in [-0.1, -0.05) is 30.6 Å². The van der Waals surface area contributed by atoms with Gasteiger partial charge in [0.15, 0.2) is 21.4 Å². The van der Waals surface area contributed by atoms with E-state index < -0.39 is 38.2 Å². The zero-order valence-electron chi connectivity index (χ0n) is 15.3. The highest BCUT2D eigenvalue weighted by atomic mass is 35.5. The number of carbonyl (C=O) groups is 2. The minimum absolute atomic E-state index is 0.0600. The minimum Gasteiger partial charge on any atom is -0.392 e. The number of aliphatic hydroxyl groups is 1. The zero-order chi connectivity index (χ0) is 20.0. The predicted molar refractivity (Wildman–Crippen MR) is 99.9 cm³/mol. The van der Waals surface area contributed by atoms with Crippen LogP contribution in [0.4, 0.5) is 0 Å². The first-order valence-electron chi connectivity index (χ1n) is 8.53. The van der Waals surface area contributed by atoms with E-state index in [1.165, 1.54) is 25.5 Å². The van der Waals surface area contributed by atoms with E-state index in [0.29, 0.717) is 12.1 Å². The number of carbonyl (C=O) groups excluding carboxylic acids is 2. The van der Waals surface area contributed by atoms with Gasteiger partial charge in [0.1, 0.15) is 12.5 Å². The van der Waals surface area contributed by atoms with E-state index in [2.05, 4.69) is 5.16 Å². The van der Waals surface area contributed by atoms with E-state index in [4.69, 9.17) is 16.4 Å². The summed E-state index contributed by atoms with van der Waals surface area (Å²) in [5.74, 6) is -2.06. The third kappa shape index (κ3) is 5.89. The Kier molecular flexibility index (Phi) is 8.43. The summed E-state index contributed by atoms with van der Waals surface area (Å²) < 4.78 is 23.9. The molecule has 0 aromatic heterocycles. The molecule has 1 aliphatic rings. The van der Waals surface area contributed by atoms with Crippen molar-refractivity contribution in [1.29, 1.82) is 0 Å². The van der Waals surface area contributed by atoms with Crippen molar-refractivity contribution in [2.45, 2.75) is 57.3 Å². The molecule has 1 saturated carbocycles. The Morgan fingerprint density at radius 3 is 2.42 bits per heavy atom. The lowest BCUT2D eigenvalue weighted by Crippen LogP contribution is -2.49. The van der Waals surface area contributed by atoms with Crippen LogP contribution in [-0.4, -0.2) is 54.0 Å². The maximum absolute atomic E-state index is 12.5. The molecule has 0 spiro atoms. The van der Waals surface area contributed by atoms with Crippen LogP contribution in [0, 0.1) is 5.92 Å². The summed E-state index contributed by atoms with van der Waals surface area (Å²) in [6.07, 6.45) is 1.13. The van der Waals surface area contributed by atoms with Gasteiger partial charge in [-0.15, -0.1) is 0 Å². The molecule has 0 bridgehead atoms. The summed E-state index contributed by atoms with van der Waals surface area (Å²) in [5, 5.41) is 13.7. The lowest BCUT2D eigenvalue weighted by molar-refractivity contribution is -0.142.